The molecule has 0 heterocycles. The van der Waals surface area contributed by atoms with Gasteiger partial charge in [-0.1, -0.05) is 76.2 Å². The minimum Gasteiger partial charge on any atom is -0.366 e. The molecule has 0 fully saturated rings. The monoisotopic (exact) mass is 428 g/mol. The second kappa shape index (κ2) is 8.99. The van der Waals surface area contributed by atoms with E-state index in [9.17, 15) is 9.59 Å². The first-order chi connectivity index (χ1) is 15.0. The van der Waals surface area contributed by atoms with Crippen molar-refractivity contribution >= 4 is 11.8 Å². The number of carbonyl (C=O) groups is 2. The van der Waals surface area contributed by atoms with Crippen LogP contribution in [0.3, 0.4) is 0 Å². The summed E-state index contributed by atoms with van der Waals surface area (Å²) in [6.07, 6.45) is 1.58. The predicted octanol–water partition coefficient (Wildman–Crippen LogP) is 4.93. The molecule has 0 aliphatic rings. The SMILES string of the molecule is CC(C)(Cc1cccc(C(N)=O)c1)c1cccc(C(C)(C)Cc2cccc(C(N)=O)c2)c1. The third-order valence-electron chi connectivity index (χ3n) is 6.14. The van der Waals surface area contributed by atoms with Crippen molar-refractivity contribution in [3.63, 3.8) is 0 Å². The molecule has 0 aromatic heterocycles. The molecule has 4 nitrogen and oxygen atoms in total. The lowest BCUT2D eigenvalue weighted by Gasteiger charge is -2.30. The highest BCUT2D eigenvalue weighted by molar-refractivity contribution is 5.93. The van der Waals surface area contributed by atoms with Crippen LogP contribution in [-0.2, 0) is 23.7 Å². The number of nitrogens with two attached hydrogens (primary N) is 2. The molecule has 3 aromatic rings. The molecule has 3 aromatic carbocycles. The Balaban J connectivity index is 1.86. The Bertz CT molecular complexity index is 1060. The van der Waals surface area contributed by atoms with Crippen LogP contribution in [-0.4, -0.2) is 11.8 Å². The molecule has 4 heteroatoms. The molecule has 0 unspecified atom stereocenters. The summed E-state index contributed by atoms with van der Waals surface area (Å²) in [5, 5.41) is 0. The molecule has 0 spiro atoms. The highest BCUT2D eigenvalue weighted by atomic mass is 16.1. The van der Waals surface area contributed by atoms with Crippen LogP contribution in [0.25, 0.3) is 0 Å². The number of benzene rings is 3. The van der Waals surface area contributed by atoms with Gasteiger partial charge in [0.25, 0.3) is 0 Å². The normalized spacial score (nSPS) is 11.9. The maximum Gasteiger partial charge on any atom is 0.248 e. The van der Waals surface area contributed by atoms with Gasteiger partial charge in [-0.15, -0.1) is 0 Å². The van der Waals surface area contributed by atoms with Crippen LogP contribution >= 0.6 is 0 Å². The molecule has 0 atom stereocenters. The molecular formula is C28H32N2O2. The summed E-state index contributed by atoms with van der Waals surface area (Å²) in [4.78, 5) is 23.1. The average molecular weight is 429 g/mol. The third-order valence-corrected chi connectivity index (χ3v) is 6.14. The Morgan fingerprint density at radius 3 is 1.38 bits per heavy atom. The van der Waals surface area contributed by atoms with E-state index < -0.39 is 11.8 Å². The summed E-state index contributed by atoms with van der Waals surface area (Å²) >= 11 is 0. The average Bonchev–Trinajstić information content (AvgIpc) is 2.73. The summed E-state index contributed by atoms with van der Waals surface area (Å²) in [6.45, 7) is 8.86. The van der Waals surface area contributed by atoms with E-state index in [4.69, 9.17) is 11.5 Å². The number of hydrogen-bond donors (Lipinski definition) is 2. The van der Waals surface area contributed by atoms with Gasteiger partial charge in [0.15, 0.2) is 0 Å². The minimum absolute atomic E-state index is 0.131. The van der Waals surface area contributed by atoms with Crippen LogP contribution < -0.4 is 11.5 Å². The van der Waals surface area contributed by atoms with Gasteiger partial charge in [-0.3, -0.25) is 9.59 Å². The second-order valence-corrected chi connectivity index (χ2v) is 9.83. The molecule has 2 amide bonds. The summed E-state index contributed by atoms with van der Waals surface area (Å²) < 4.78 is 0. The Kier molecular flexibility index (Phi) is 6.54. The largest absolute Gasteiger partial charge is 0.366 e. The molecule has 0 saturated heterocycles. The van der Waals surface area contributed by atoms with Crippen molar-refractivity contribution in [2.45, 2.75) is 51.4 Å². The van der Waals surface area contributed by atoms with E-state index in [1.54, 1.807) is 12.1 Å². The fraction of sp³-hybridized carbons (Fsp3) is 0.286. The van der Waals surface area contributed by atoms with E-state index in [0.717, 1.165) is 24.0 Å². The fourth-order valence-corrected chi connectivity index (χ4v) is 4.25. The number of primary amides is 2. The standard InChI is InChI=1S/C28H32N2O2/c1-27(2,17-19-8-5-10-21(14-19)25(29)31)23-12-7-13-24(16-23)28(3,4)18-20-9-6-11-22(15-20)26(30)32/h5-16H,17-18H2,1-4H3,(H2,29,31)(H2,30,32). The van der Waals surface area contributed by atoms with Gasteiger partial charge in [0.05, 0.1) is 0 Å². The summed E-state index contributed by atoms with van der Waals surface area (Å²) in [5.74, 6) is -0.817. The van der Waals surface area contributed by atoms with Gasteiger partial charge in [-0.2, -0.15) is 0 Å². The van der Waals surface area contributed by atoms with Crippen molar-refractivity contribution in [1.82, 2.24) is 0 Å². The van der Waals surface area contributed by atoms with Crippen molar-refractivity contribution in [1.29, 1.82) is 0 Å². The highest BCUT2D eigenvalue weighted by Gasteiger charge is 2.26. The van der Waals surface area contributed by atoms with Crippen LogP contribution in [0.4, 0.5) is 0 Å². The first kappa shape index (κ1) is 23.3. The van der Waals surface area contributed by atoms with Crippen molar-refractivity contribution in [3.8, 4) is 0 Å². The van der Waals surface area contributed by atoms with E-state index in [-0.39, 0.29) is 10.8 Å². The molecule has 0 aliphatic carbocycles. The molecule has 3 rings (SSSR count). The fourth-order valence-electron chi connectivity index (χ4n) is 4.25. The lowest BCUT2D eigenvalue weighted by atomic mass is 9.74. The van der Waals surface area contributed by atoms with E-state index in [1.807, 2.05) is 36.4 Å². The minimum atomic E-state index is -0.409. The van der Waals surface area contributed by atoms with E-state index in [1.165, 1.54) is 11.1 Å². The van der Waals surface area contributed by atoms with Crippen LogP contribution in [0.2, 0.25) is 0 Å². The molecule has 0 saturated carbocycles. The Labute approximate surface area is 190 Å². The summed E-state index contributed by atoms with van der Waals surface area (Å²) in [6, 6.07) is 23.8. The quantitative estimate of drug-likeness (QED) is 0.533. The first-order valence-corrected chi connectivity index (χ1v) is 10.9. The summed E-state index contributed by atoms with van der Waals surface area (Å²) in [5.41, 5.74) is 16.3. The highest BCUT2D eigenvalue weighted by Crippen LogP contribution is 2.33. The van der Waals surface area contributed by atoms with E-state index in [0.29, 0.717) is 11.1 Å². The molecular weight excluding hydrogens is 396 g/mol. The van der Waals surface area contributed by atoms with Crippen molar-refractivity contribution in [2.24, 2.45) is 11.5 Å². The molecule has 0 radical (unpaired) electrons. The number of amides is 2. The number of carbonyl (C=O) groups excluding carboxylic acids is 2. The number of hydrogen-bond acceptors (Lipinski definition) is 2. The maximum absolute atomic E-state index is 11.5. The van der Waals surface area contributed by atoms with Crippen LogP contribution in [0.15, 0.2) is 72.8 Å². The van der Waals surface area contributed by atoms with Gasteiger partial charge in [0.2, 0.25) is 11.8 Å². The van der Waals surface area contributed by atoms with Gasteiger partial charge in [0.1, 0.15) is 0 Å². The number of rotatable bonds is 8. The van der Waals surface area contributed by atoms with E-state index >= 15 is 0 Å². The van der Waals surface area contributed by atoms with Gasteiger partial charge in [-0.05, 0) is 70.2 Å². The Hall–Kier alpha value is -3.40. The van der Waals surface area contributed by atoms with Crippen molar-refractivity contribution < 1.29 is 9.59 Å². The Morgan fingerprint density at radius 1 is 0.625 bits per heavy atom. The van der Waals surface area contributed by atoms with Gasteiger partial charge < -0.3 is 11.5 Å². The lowest BCUT2D eigenvalue weighted by molar-refractivity contribution is 0.0991. The lowest BCUT2D eigenvalue weighted by Crippen LogP contribution is -2.24. The van der Waals surface area contributed by atoms with Crippen molar-refractivity contribution in [2.75, 3.05) is 0 Å². The Morgan fingerprint density at radius 2 is 1.00 bits per heavy atom. The summed E-state index contributed by atoms with van der Waals surface area (Å²) in [7, 11) is 0. The zero-order valence-electron chi connectivity index (χ0n) is 19.3. The molecule has 0 bridgehead atoms. The zero-order valence-corrected chi connectivity index (χ0v) is 19.3. The third kappa shape index (κ3) is 5.44. The van der Waals surface area contributed by atoms with Gasteiger partial charge >= 0.3 is 0 Å². The maximum atomic E-state index is 11.5. The van der Waals surface area contributed by atoms with E-state index in [2.05, 4.69) is 52.0 Å². The van der Waals surface area contributed by atoms with Crippen molar-refractivity contribution in [3.05, 3.63) is 106 Å². The molecule has 4 N–H and O–H groups in total. The predicted molar refractivity (Wildman–Crippen MR) is 130 cm³/mol. The zero-order chi connectivity index (χ0) is 23.5. The van der Waals surface area contributed by atoms with Crippen LogP contribution in [0.5, 0.6) is 0 Å². The first-order valence-electron chi connectivity index (χ1n) is 10.9. The second-order valence-electron chi connectivity index (χ2n) is 9.83. The van der Waals surface area contributed by atoms with Gasteiger partial charge in [0, 0.05) is 11.1 Å². The molecule has 166 valence electrons. The van der Waals surface area contributed by atoms with Gasteiger partial charge in [-0.25, -0.2) is 0 Å². The van der Waals surface area contributed by atoms with Crippen LogP contribution in [0, 0.1) is 0 Å². The smallest absolute Gasteiger partial charge is 0.248 e. The topological polar surface area (TPSA) is 86.2 Å². The molecule has 32 heavy (non-hydrogen) atoms. The molecule has 0 aliphatic heterocycles. The van der Waals surface area contributed by atoms with Crippen LogP contribution in [0.1, 0.15) is 70.7 Å².